The molecule has 1 N–H and O–H groups in total. The van der Waals surface area contributed by atoms with Gasteiger partial charge >= 0.3 is 12.1 Å². The second kappa shape index (κ2) is 9.57. The van der Waals surface area contributed by atoms with Gasteiger partial charge < -0.3 is 14.6 Å². The maximum Gasteiger partial charge on any atom is 0.416 e. The van der Waals surface area contributed by atoms with Crippen LogP contribution in [0.2, 0.25) is 5.02 Å². The van der Waals surface area contributed by atoms with E-state index < -0.39 is 17.7 Å². The molecule has 31 heavy (non-hydrogen) atoms. The van der Waals surface area contributed by atoms with E-state index in [2.05, 4.69) is 0 Å². The average Bonchev–Trinajstić information content (AvgIpc) is 2.72. The predicted molar refractivity (Wildman–Crippen MR) is 111 cm³/mol. The Labute approximate surface area is 181 Å². The lowest BCUT2D eigenvalue weighted by Crippen LogP contribution is -2.04. The maximum absolute atomic E-state index is 12.6. The highest BCUT2D eigenvalue weighted by Gasteiger charge is 2.29. The van der Waals surface area contributed by atoms with Gasteiger partial charge in [-0.25, -0.2) is 4.79 Å². The molecule has 3 rings (SSSR count). The van der Waals surface area contributed by atoms with Gasteiger partial charge in [0.1, 0.15) is 12.4 Å². The number of alkyl halides is 3. The minimum absolute atomic E-state index is 0.0708. The van der Waals surface area contributed by atoms with Gasteiger partial charge in [0.2, 0.25) is 0 Å². The van der Waals surface area contributed by atoms with Crippen molar-refractivity contribution in [3.05, 3.63) is 94.5 Å². The van der Waals surface area contributed by atoms with Crippen LogP contribution in [0.4, 0.5) is 13.2 Å². The number of ether oxygens (including phenoxy) is 2. The SMILES string of the molecule is O=C(O)c1cccc(Oc2cc(Cl)ccc2OC/C=C/c2ccc(C(F)(F)F)cc2)c1. The second-order valence-corrected chi connectivity index (χ2v) is 6.80. The molecule has 0 saturated heterocycles. The third-order valence-electron chi connectivity index (χ3n) is 4.10. The van der Waals surface area contributed by atoms with Crippen LogP contribution in [0.15, 0.2) is 72.8 Å². The summed E-state index contributed by atoms with van der Waals surface area (Å²) in [6.07, 6.45) is -1.10. The Hall–Kier alpha value is -3.45. The van der Waals surface area contributed by atoms with E-state index in [1.807, 2.05) is 0 Å². The molecule has 8 heteroatoms. The summed E-state index contributed by atoms with van der Waals surface area (Å²) >= 11 is 6.03. The highest BCUT2D eigenvalue weighted by Crippen LogP contribution is 2.34. The van der Waals surface area contributed by atoms with Crippen LogP contribution < -0.4 is 9.47 Å². The van der Waals surface area contributed by atoms with Crippen molar-refractivity contribution in [3.63, 3.8) is 0 Å². The van der Waals surface area contributed by atoms with E-state index >= 15 is 0 Å². The van der Waals surface area contributed by atoms with Gasteiger partial charge in [0.25, 0.3) is 0 Å². The number of halogens is 4. The summed E-state index contributed by atoms with van der Waals surface area (Å²) < 4.78 is 49.2. The zero-order valence-electron chi connectivity index (χ0n) is 15.9. The van der Waals surface area contributed by atoms with Crippen molar-refractivity contribution in [2.75, 3.05) is 6.61 Å². The predicted octanol–water partition coefficient (Wildman–Crippen LogP) is 6.94. The fourth-order valence-corrected chi connectivity index (χ4v) is 2.77. The molecule has 0 radical (unpaired) electrons. The van der Waals surface area contributed by atoms with Gasteiger partial charge in [-0.05, 0) is 54.1 Å². The number of carboxylic acids is 1. The molecule has 4 nitrogen and oxygen atoms in total. The molecule has 0 saturated carbocycles. The van der Waals surface area contributed by atoms with Crippen molar-refractivity contribution in [1.29, 1.82) is 0 Å². The summed E-state index contributed by atoms with van der Waals surface area (Å²) in [5, 5.41) is 9.50. The number of carboxylic acid groups (broad SMARTS) is 1. The summed E-state index contributed by atoms with van der Waals surface area (Å²) in [5.41, 5.74) is -0.0491. The Bertz CT molecular complexity index is 1090. The molecule has 0 fully saturated rings. The molecular weight excluding hydrogens is 433 g/mol. The Morgan fingerprint density at radius 3 is 2.42 bits per heavy atom. The molecule has 0 amide bonds. The molecule has 0 spiro atoms. The fraction of sp³-hybridized carbons (Fsp3) is 0.0870. The molecule has 3 aromatic rings. The number of aromatic carboxylic acids is 1. The van der Waals surface area contributed by atoms with Crippen LogP contribution in [-0.2, 0) is 6.18 Å². The highest BCUT2D eigenvalue weighted by atomic mass is 35.5. The number of hydrogen-bond acceptors (Lipinski definition) is 3. The molecule has 0 unspecified atom stereocenters. The van der Waals surface area contributed by atoms with Crippen molar-refractivity contribution in [1.82, 2.24) is 0 Å². The van der Waals surface area contributed by atoms with Crippen LogP contribution in [0, 0.1) is 0 Å². The first-order valence-corrected chi connectivity index (χ1v) is 9.37. The van der Waals surface area contributed by atoms with Crippen LogP contribution >= 0.6 is 11.6 Å². The highest BCUT2D eigenvalue weighted by molar-refractivity contribution is 6.30. The topological polar surface area (TPSA) is 55.8 Å². The van der Waals surface area contributed by atoms with Crippen LogP contribution in [-0.4, -0.2) is 17.7 Å². The van der Waals surface area contributed by atoms with Gasteiger partial charge in [-0.15, -0.1) is 0 Å². The molecule has 0 aromatic heterocycles. The molecule has 0 aliphatic rings. The summed E-state index contributed by atoms with van der Waals surface area (Å²) in [4.78, 5) is 11.1. The van der Waals surface area contributed by atoms with Crippen LogP contribution in [0.25, 0.3) is 6.08 Å². The zero-order valence-corrected chi connectivity index (χ0v) is 16.7. The average molecular weight is 449 g/mol. The summed E-state index contributed by atoms with van der Waals surface area (Å²) in [6.45, 7) is 0.119. The standard InChI is InChI=1S/C23H16ClF3O4/c24-18-10-11-20(21(14-18)31-19-5-1-4-16(13-19)22(28)29)30-12-2-3-15-6-8-17(9-7-15)23(25,26)27/h1-11,13-14H,12H2,(H,28,29)/b3-2+. The third kappa shape index (κ3) is 6.26. The van der Waals surface area contributed by atoms with Gasteiger partial charge in [-0.3, -0.25) is 0 Å². The lowest BCUT2D eigenvalue weighted by atomic mass is 10.1. The molecule has 0 atom stereocenters. The number of hydrogen-bond donors (Lipinski definition) is 1. The lowest BCUT2D eigenvalue weighted by Gasteiger charge is -2.12. The van der Waals surface area contributed by atoms with Crippen molar-refractivity contribution < 1.29 is 32.5 Å². The molecule has 3 aromatic carbocycles. The third-order valence-corrected chi connectivity index (χ3v) is 4.33. The Balaban J connectivity index is 1.67. The minimum atomic E-state index is -4.37. The van der Waals surface area contributed by atoms with Crippen molar-refractivity contribution in [2.45, 2.75) is 6.18 Å². The van der Waals surface area contributed by atoms with Crippen molar-refractivity contribution >= 4 is 23.6 Å². The van der Waals surface area contributed by atoms with E-state index in [0.717, 1.165) is 12.1 Å². The van der Waals surface area contributed by atoms with Gasteiger partial charge in [-0.1, -0.05) is 35.9 Å². The first kappa shape index (κ1) is 22.2. The van der Waals surface area contributed by atoms with E-state index in [1.54, 1.807) is 36.4 Å². The maximum atomic E-state index is 12.6. The molecule has 0 aliphatic heterocycles. The van der Waals surface area contributed by atoms with E-state index in [-0.39, 0.29) is 17.9 Å². The largest absolute Gasteiger partial charge is 0.486 e. The summed E-state index contributed by atoms with van der Waals surface area (Å²) in [7, 11) is 0. The molecule has 0 heterocycles. The zero-order chi connectivity index (χ0) is 22.4. The monoisotopic (exact) mass is 448 g/mol. The Morgan fingerprint density at radius 2 is 1.74 bits per heavy atom. The molecular formula is C23H16ClF3O4. The summed E-state index contributed by atoms with van der Waals surface area (Å²) in [5.74, 6) is -0.131. The van der Waals surface area contributed by atoms with Crippen molar-refractivity contribution in [3.8, 4) is 17.2 Å². The van der Waals surface area contributed by atoms with E-state index in [1.165, 1.54) is 30.3 Å². The van der Waals surface area contributed by atoms with Crippen LogP contribution in [0.5, 0.6) is 17.2 Å². The van der Waals surface area contributed by atoms with Gasteiger partial charge in [0.15, 0.2) is 11.5 Å². The Kier molecular flexibility index (Phi) is 6.87. The fourth-order valence-electron chi connectivity index (χ4n) is 2.61. The van der Waals surface area contributed by atoms with Crippen LogP contribution in [0.1, 0.15) is 21.5 Å². The second-order valence-electron chi connectivity index (χ2n) is 6.36. The number of carbonyl (C=O) groups is 1. The van der Waals surface area contributed by atoms with Gasteiger partial charge in [0, 0.05) is 11.1 Å². The molecule has 0 bridgehead atoms. The van der Waals surface area contributed by atoms with Gasteiger partial charge in [-0.2, -0.15) is 13.2 Å². The first-order chi connectivity index (χ1) is 14.7. The first-order valence-electron chi connectivity index (χ1n) is 9.00. The quantitative estimate of drug-likeness (QED) is 0.425. The smallest absolute Gasteiger partial charge is 0.416 e. The molecule has 0 aliphatic carbocycles. The lowest BCUT2D eigenvalue weighted by molar-refractivity contribution is -0.137. The minimum Gasteiger partial charge on any atom is -0.486 e. The Morgan fingerprint density at radius 1 is 1.00 bits per heavy atom. The number of rotatable bonds is 7. The van der Waals surface area contributed by atoms with E-state index in [4.69, 9.17) is 26.2 Å². The number of benzene rings is 3. The van der Waals surface area contributed by atoms with Gasteiger partial charge in [0.05, 0.1) is 11.1 Å². The van der Waals surface area contributed by atoms with Crippen LogP contribution in [0.3, 0.4) is 0 Å². The molecule has 160 valence electrons. The van der Waals surface area contributed by atoms with Crippen molar-refractivity contribution in [2.24, 2.45) is 0 Å². The summed E-state index contributed by atoms with van der Waals surface area (Å²) in [6, 6.07) is 15.5. The van der Waals surface area contributed by atoms with E-state index in [0.29, 0.717) is 22.1 Å². The van der Waals surface area contributed by atoms with E-state index in [9.17, 15) is 18.0 Å². The normalized spacial score (nSPS) is 11.5.